The average molecular weight is 182 g/mol. The van der Waals surface area contributed by atoms with Gasteiger partial charge in [-0.15, -0.1) is 0 Å². The summed E-state index contributed by atoms with van der Waals surface area (Å²) in [6.45, 7) is 4.93. The van der Waals surface area contributed by atoms with E-state index in [0.29, 0.717) is 11.8 Å². The first-order chi connectivity index (χ1) is 6.34. The number of nitrogens with zero attached hydrogens (tertiary/aromatic N) is 2. The fraction of sp³-hybridized carbons (Fsp3) is 0.625. The fourth-order valence-corrected chi connectivity index (χ4v) is 1.46. The lowest BCUT2D eigenvalue weighted by molar-refractivity contribution is 0.213. The van der Waals surface area contributed by atoms with Gasteiger partial charge in [-0.2, -0.15) is 0 Å². The van der Waals surface area contributed by atoms with Crippen LogP contribution in [0, 0.1) is 0 Å². The summed E-state index contributed by atoms with van der Waals surface area (Å²) in [5, 5.41) is 3.29. The first kappa shape index (κ1) is 8.52. The molecule has 0 unspecified atom stereocenters. The standard InChI is InChI=1S/C8H14N4O/c9-7-5-11-8(13-7)6-12-3-1-10-2-4-12/h5,10H,1-4,6,9H2. The number of hydrogen-bond donors (Lipinski definition) is 2. The fourth-order valence-electron chi connectivity index (χ4n) is 1.46. The molecule has 1 aromatic heterocycles. The minimum atomic E-state index is 0.394. The molecule has 5 heteroatoms. The lowest BCUT2D eigenvalue weighted by Crippen LogP contribution is -2.42. The third-order valence-corrected chi connectivity index (χ3v) is 2.14. The maximum Gasteiger partial charge on any atom is 0.211 e. The third kappa shape index (κ3) is 2.19. The summed E-state index contributed by atoms with van der Waals surface area (Å²) < 4.78 is 5.19. The van der Waals surface area contributed by atoms with Crippen LogP contribution in [0.15, 0.2) is 10.6 Å². The van der Waals surface area contributed by atoms with Crippen molar-refractivity contribution in [1.29, 1.82) is 0 Å². The molecule has 0 saturated carbocycles. The molecule has 13 heavy (non-hydrogen) atoms. The smallest absolute Gasteiger partial charge is 0.211 e. The number of nitrogens with one attached hydrogen (secondary N) is 1. The van der Waals surface area contributed by atoms with Crippen LogP contribution in [0.1, 0.15) is 5.89 Å². The highest BCUT2D eigenvalue weighted by Crippen LogP contribution is 2.07. The Labute approximate surface area is 76.9 Å². The summed E-state index contributed by atoms with van der Waals surface area (Å²) in [4.78, 5) is 6.35. The molecule has 0 atom stereocenters. The van der Waals surface area contributed by atoms with Crippen molar-refractivity contribution in [2.75, 3.05) is 31.9 Å². The molecule has 2 heterocycles. The molecule has 0 bridgehead atoms. The number of nitrogens with two attached hydrogens (primary N) is 1. The van der Waals surface area contributed by atoms with Gasteiger partial charge in [-0.25, -0.2) is 4.98 Å². The van der Waals surface area contributed by atoms with E-state index in [0.717, 1.165) is 32.7 Å². The predicted octanol–water partition coefficient (Wildman–Crippen LogP) is -0.338. The molecule has 0 amide bonds. The lowest BCUT2D eigenvalue weighted by atomic mass is 10.3. The van der Waals surface area contributed by atoms with Crippen LogP contribution in [0.25, 0.3) is 0 Å². The average Bonchev–Trinajstić information content (AvgIpc) is 2.53. The molecule has 1 saturated heterocycles. The van der Waals surface area contributed by atoms with E-state index < -0.39 is 0 Å². The molecule has 0 aliphatic carbocycles. The highest BCUT2D eigenvalue weighted by molar-refractivity contribution is 5.17. The van der Waals surface area contributed by atoms with Gasteiger partial charge in [-0.1, -0.05) is 0 Å². The lowest BCUT2D eigenvalue weighted by Gasteiger charge is -2.25. The Morgan fingerprint density at radius 2 is 2.31 bits per heavy atom. The van der Waals surface area contributed by atoms with E-state index in [2.05, 4.69) is 15.2 Å². The van der Waals surface area contributed by atoms with Crippen LogP contribution in [0.3, 0.4) is 0 Å². The van der Waals surface area contributed by atoms with E-state index in [1.807, 2.05) is 0 Å². The van der Waals surface area contributed by atoms with Crippen molar-refractivity contribution < 1.29 is 4.42 Å². The molecule has 0 radical (unpaired) electrons. The molecule has 0 spiro atoms. The quantitative estimate of drug-likeness (QED) is 0.655. The van der Waals surface area contributed by atoms with Crippen molar-refractivity contribution in [2.24, 2.45) is 0 Å². The van der Waals surface area contributed by atoms with Gasteiger partial charge in [-0.05, 0) is 0 Å². The van der Waals surface area contributed by atoms with Gasteiger partial charge in [0.2, 0.25) is 11.8 Å². The van der Waals surface area contributed by atoms with E-state index in [-0.39, 0.29) is 0 Å². The van der Waals surface area contributed by atoms with Crippen LogP contribution in [0.2, 0.25) is 0 Å². The van der Waals surface area contributed by atoms with Gasteiger partial charge in [0, 0.05) is 26.2 Å². The first-order valence-corrected chi connectivity index (χ1v) is 4.48. The van der Waals surface area contributed by atoms with Gasteiger partial charge in [-0.3, -0.25) is 4.90 Å². The first-order valence-electron chi connectivity index (χ1n) is 4.48. The van der Waals surface area contributed by atoms with Crippen LogP contribution < -0.4 is 11.1 Å². The summed E-state index contributed by atoms with van der Waals surface area (Å²) in [7, 11) is 0. The zero-order valence-electron chi connectivity index (χ0n) is 7.49. The molecule has 1 aromatic rings. The molecular weight excluding hydrogens is 168 g/mol. The van der Waals surface area contributed by atoms with Crippen molar-refractivity contribution in [1.82, 2.24) is 15.2 Å². The van der Waals surface area contributed by atoms with Crippen LogP contribution in [0.4, 0.5) is 5.88 Å². The van der Waals surface area contributed by atoms with Crippen molar-refractivity contribution in [2.45, 2.75) is 6.54 Å². The molecule has 5 nitrogen and oxygen atoms in total. The molecule has 2 rings (SSSR count). The number of piperazine rings is 1. The van der Waals surface area contributed by atoms with Crippen molar-refractivity contribution in [3.63, 3.8) is 0 Å². The second-order valence-corrected chi connectivity index (χ2v) is 3.18. The Bertz CT molecular complexity index is 267. The van der Waals surface area contributed by atoms with Gasteiger partial charge in [0.25, 0.3) is 0 Å². The maximum atomic E-state index is 5.42. The maximum absolute atomic E-state index is 5.42. The summed E-state index contributed by atoms with van der Waals surface area (Å²) in [6.07, 6.45) is 1.55. The summed E-state index contributed by atoms with van der Waals surface area (Å²) in [5.41, 5.74) is 5.42. The van der Waals surface area contributed by atoms with Crippen LogP contribution in [-0.4, -0.2) is 36.1 Å². The van der Waals surface area contributed by atoms with E-state index in [1.165, 1.54) is 0 Å². The van der Waals surface area contributed by atoms with Gasteiger partial charge < -0.3 is 15.5 Å². The number of hydrogen-bond acceptors (Lipinski definition) is 5. The summed E-state index contributed by atoms with van der Waals surface area (Å²) in [5.74, 6) is 1.10. The SMILES string of the molecule is Nc1cnc(CN2CCNCC2)o1. The second-order valence-electron chi connectivity index (χ2n) is 3.18. The van der Waals surface area contributed by atoms with Gasteiger partial charge >= 0.3 is 0 Å². The van der Waals surface area contributed by atoms with E-state index in [4.69, 9.17) is 10.2 Å². The Hall–Kier alpha value is -1.07. The van der Waals surface area contributed by atoms with Gasteiger partial charge in [0.1, 0.15) is 0 Å². The number of rotatable bonds is 2. The normalized spacial score (nSPS) is 19.1. The van der Waals surface area contributed by atoms with E-state index in [9.17, 15) is 0 Å². The highest BCUT2D eigenvalue weighted by Gasteiger charge is 2.12. The predicted molar refractivity (Wildman–Crippen MR) is 49.1 cm³/mol. The Balaban J connectivity index is 1.89. The third-order valence-electron chi connectivity index (χ3n) is 2.14. The van der Waals surface area contributed by atoms with Crippen LogP contribution >= 0.6 is 0 Å². The monoisotopic (exact) mass is 182 g/mol. The van der Waals surface area contributed by atoms with Gasteiger partial charge in [0.05, 0.1) is 12.7 Å². The Morgan fingerprint density at radius 1 is 1.54 bits per heavy atom. The second kappa shape index (κ2) is 3.76. The zero-order valence-corrected chi connectivity index (χ0v) is 7.49. The highest BCUT2D eigenvalue weighted by atomic mass is 16.4. The molecule has 1 aliphatic rings. The summed E-state index contributed by atoms with van der Waals surface area (Å²) >= 11 is 0. The molecule has 1 fully saturated rings. The minimum absolute atomic E-state index is 0.394. The molecule has 72 valence electrons. The van der Waals surface area contributed by atoms with E-state index >= 15 is 0 Å². The van der Waals surface area contributed by atoms with Crippen molar-refractivity contribution >= 4 is 5.88 Å². The van der Waals surface area contributed by atoms with Crippen molar-refractivity contribution in [3.05, 3.63) is 12.1 Å². The molecular formula is C8H14N4O. The molecule has 1 aliphatic heterocycles. The van der Waals surface area contributed by atoms with Crippen LogP contribution in [0.5, 0.6) is 0 Å². The summed E-state index contributed by atoms with van der Waals surface area (Å²) in [6, 6.07) is 0. The number of nitrogen functional groups attached to an aromatic ring is 1. The van der Waals surface area contributed by atoms with Gasteiger partial charge in [0.15, 0.2) is 0 Å². The topological polar surface area (TPSA) is 67.3 Å². The molecule has 0 aromatic carbocycles. The number of aromatic nitrogens is 1. The Morgan fingerprint density at radius 3 is 2.92 bits per heavy atom. The van der Waals surface area contributed by atoms with Crippen LogP contribution in [-0.2, 0) is 6.54 Å². The van der Waals surface area contributed by atoms with Crippen molar-refractivity contribution in [3.8, 4) is 0 Å². The van der Waals surface area contributed by atoms with E-state index in [1.54, 1.807) is 6.20 Å². The zero-order chi connectivity index (χ0) is 9.10. The largest absolute Gasteiger partial charge is 0.424 e. The molecule has 3 N–H and O–H groups in total. The number of anilines is 1. The Kier molecular flexibility index (Phi) is 2.47. The number of oxazole rings is 1. The minimum Gasteiger partial charge on any atom is -0.424 e.